The minimum Gasteiger partial charge on any atom is -0.170 e. The van der Waals surface area contributed by atoms with Crippen LogP contribution in [0.2, 0.25) is 0 Å². The van der Waals surface area contributed by atoms with E-state index in [-0.39, 0.29) is 6.42 Å². The maximum atomic E-state index is 11.9. The smallest absolute Gasteiger partial charge is 0.170 e. The summed E-state index contributed by atoms with van der Waals surface area (Å²) in [7, 11) is 0. The lowest BCUT2D eigenvalue weighted by Gasteiger charge is -2.18. The summed E-state index contributed by atoms with van der Waals surface area (Å²) in [5.74, 6) is 0. The Morgan fingerprint density at radius 3 is 1.55 bits per heavy atom. The topological polar surface area (TPSA) is 0 Å². The summed E-state index contributed by atoms with van der Waals surface area (Å²) in [6.45, 7) is 0. The molecule has 0 radical (unpaired) electrons. The van der Waals surface area contributed by atoms with Gasteiger partial charge in [0, 0.05) is 6.42 Å². The van der Waals surface area contributed by atoms with E-state index in [1.807, 2.05) is 0 Å². The van der Waals surface area contributed by atoms with Crippen LogP contribution < -0.4 is 0 Å². The van der Waals surface area contributed by atoms with Crippen molar-refractivity contribution in [3.05, 3.63) is 0 Å². The fourth-order valence-corrected chi connectivity index (χ4v) is 3.08. The molecule has 0 fully saturated rings. The van der Waals surface area contributed by atoms with Crippen molar-refractivity contribution in [1.82, 2.24) is 0 Å². The van der Waals surface area contributed by atoms with E-state index in [1.54, 1.807) is 0 Å². The van der Waals surface area contributed by atoms with Crippen molar-refractivity contribution < 1.29 is 13.2 Å². The molecule has 0 aromatic carbocycles. The highest BCUT2D eigenvalue weighted by molar-refractivity contribution is 9.39. The average Bonchev–Trinajstić information content (AvgIpc) is 1.56. The number of alkyl halides is 7. The van der Waals surface area contributed by atoms with Gasteiger partial charge in [0.25, 0.3) is 0 Å². The van der Waals surface area contributed by atoms with E-state index in [2.05, 4.69) is 63.7 Å². The van der Waals surface area contributed by atoms with Gasteiger partial charge in [0.05, 0.1) is 0 Å². The van der Waals surface area contributed by atoms with Crippen LogP contribution in [0.3, 0.4) is 0 Å². The molecule has 11 heavy (non-hydrogen) atoms. The molecule has 0 aliphatic carbocycles. The van der Waals surface area contributed by atoms with E-state index in [1.165, 1.54) is 0 Å². The lowest BCUT2D eigenvalue weighted by Crippen LogP contribution is -2.26. The molecule has 0 aliphatic heterocycles. The van der Waals surface area contributed by atoms with Crippen LogP contribution >= 0.6 is 63.7 Å². The number of rotatable bonds is 1. The van der Waals surface area contributed by atoms with Crippen LogP contribution in [0.1, 0.15) is 6.42 Å². The van der Waals surface area contributed by atoms with Crippen LogP contribution in [-0.4, -0.2) is 13.1 Å². The average molecular weight is 428 g/mol. The van der Waals surface area contributed by atoms with Crippen molar-refractivity contribution in [3.63, 3.8) is 0 Å². The molecule has 0 aliphatic rings. The van der Waals surface area contributed by atoms with Crippen LogP contribution in [0.15, 0.2) is 0 Å². The van der Waals surface area contributed by atoms with E-state index >= 15 is 0 Å². The lowest BCUT2D eigenvalue weighted by atomic mass is 10.3. The maximum absolute atomic E-state index is 11.9. The predicted molar refractivity (Wildman–Crippen MR) is 52.9 cm³/mol. The van der Waals surface area contributed by atoms with E-state index in [4.69, 9.17) is 0 Å². The van der Waals surface area contributed by atoms with Crippen LogP contribution in [0.4, 0.5) is 13.2 Å². The molecular formula is C4H3Br4F3. The maximum Gasteiger partial charge on any atom is 0.401 e. The van der Waals surface area contributed by atoms with Gasteiger partial charge in [0.15, 0.2) is 0 Å². The van der Waals surface area contributed by atoms with Gasteiger partial charge in [-0.15, -0.1) is 0 Å². The van der Waals surface area contributed by atoms with Gasteiger partial charge in [0.2, 0.25) is 0 Å². The van der Waals surface area contributed by atoms with Crippen LogP contribution in [0.5, 0.6) is 0 Å². The standard InChI is InChI=1S/C4H3Br4F3/c5-2(4(9,10)11)1-3(6,7)8/h2H,1H2. The summed E-state index contributed by atoms with van der Waals surface area (Å²) in [6.07, 6.45) is -4.35. The van der Waals surface area contributed by atoms with Crippen molar-refractivity contribution in [2.75, 3.05) is 0 Å². The molecule has 0 saturated carbocycles. The third-order valence-electron chi connectivity index (χ3n) is 0.766. The monoisotopic (exact) mass is 424 g/mol. The van der Waals surface area contributed by atoms with Crippen LogP contribution in [0.25, 0.3) is 0 Å². The molecule has 0 spiro atoms. The minimum absolute atomic E-state index is 0.142. The van der Waals surface area contributed by atoms with E-state index in [9.17, 15) is 13.2 Å². The summed E-state index contributed by atoms with van der Waals surface area (Å²) in [4.78, 5) is -1.52. The fourth-order valence-electron chi connectivity index (χ4n) is 0.319. The van der Waals surface area contributed by atoms with Gasteiger partial charge in [0.1, 0.15) is 6.97 Å². The molecule has 0 amide bonds. The minimum atomic E-state index is -4.21. The largest absolute Gasteiger partial charge is 0.401 e. The Morgan fingerprint density at radius 1 is 1.09 bits per heavy atom. The summed E-state index contributed by atoms with van der Waals surface area (Å²) in [6, 6.07) is 0. The van der Waals surface area contributed by atoms with Crippen LogP contribution in [0, 0.1) is 0 Å². The highest BCUT2D eigenvalue weighted by atomic mass is 80.0. The van der Waals surface area contributed by atoms with Gasteiger partial charge < -0.3 is 0 Å². The van der Waals surface area contributed by atoms with Crippen molar-refractivity contribution in [3.8, 4) is 0 Å². The normalized spacial score (nSPS) is 16.6. The zero-order chi connectivity index (χ0) is 9.28. The van der Waals surface area contributed by atoms with Crippen molar-refractivity contribution in [2.24, 2.45) is 0 Å². The Morgan fingerprint density at radius 2 is 1.45 bits per heavy atom. The third kappa shape index (κ3) is 6.83. The predicted octanol–water partition coefficient (Wildman–Crippen LogP) is 4.54. The molecule has 0 aromatic heterocycles. The quantitative estimate of drug-likeness (QED) is 0.539. The first-order chi connectivity index (χ1) is 4.63. The molecule has 68 valence electrons. The first-order valence-electron chi connectivity index (χ1n) is 2.40. The molecule has 0 heterocycles. The Labute approximate surface area is 95.8 Å². The van der Waals surface area contributed by atoms with Crippen LogP contribution in [-0.2, 0) is 0 Å². The zero-order valence-corrected chi connectivity index (χ0v) is 11.3. The fraction of sp³-hybridized carbons (Fsp3) is 1.00. The van der Waals surface area contributed by atoms with Gasteiger partial charge in [-0.2, -0.15) is 13.2 Å². The Bertz CT molecular complexity index is 126. The molecule has 0 bridgehead atoms. The van der Waals surface area contributed by atoms with E-state index in [0.29, 0.717) is 0 Å². The second-order valence-corrected chi connectivity index (χ2v) is 10.2. The molecule has 0 N–H and O–H groups in total. The lowest BCUT2D eigenvalue weighted by molar-refractivity contribution is -0.127. The summed E-state index contributed by atoms with van der Waals surface area (Å²) in [5.41, 5.74) is 0. The van der Waals surface area contributed by atoms with E-state index in [0.717, 1.165) is 0 Å². The summed E-state index contributed by atoms with van der Waals surface area (Å²) < 4.78 is 34.8. The van der Waals surface area contributed by atoms with Gasteiger partial charge in [-0.25, -0.2) is 0 Å². The summed E-state index contributed by atoms with van der Waals surface area (Å²) >= 11 is 11.4. The zero-order valence-electron chi connectivity index (χ0n) is 4.93. The molecule has 0 aromatic rings. The number of hydrogen-bond donors (Lipinski definition) is 0. The summed E-state index contributed by atoms with van der Waals surface area (Å²) in [5, 5.41) is 0. The molecule has 7 heteroatoms. The molecule has 1 atom stereocenters. The Balaban J connectivity index is 3.99. The molecular weight excluding hydrogens is 425 g/mol. The van der Waals surface area contributed by atoms with Gasteiger partial charge in [-0.05, 0) is 0 Å². The van der Waals surface area contributed by atoms with Crippen molar-refractivity contribution in [2.45, 2.75) is 19.6 Å². The first-order valence-corrected chi connectivity index (χ1v) is 5.70. The number of halogens is 7. The second-order valence-electron chi connectivity index (χ2n) is 1.83. The van der Waals surface area contributed by atoms with E-state index < -0.39 is 13.1 Å². The highest BCUT2D eigenvalue weighted by Gasteiger charge is 2.41. The molecule has 1 unspecified atom stereocenters. The third-order valence-corrected chi connectivity index (χ3v) is 2.58. The SMILES string of the molecule is FC(F)(F)C(Br)CC(Br)(Br)Br. The Kier molecular flexibility index (Phi) is 4.95. The van der Waals surface area contributed by atoms with Gasteiger partial charge in [-0.1, -0.05) is 63.7 Å². The van der Waals surface area contributed by atoms with Crippen molar-refractivity contribution in [1.29, 1.82) is 0 Å². The Hall–Kier alpha value is 1.71. The first kappa shape index (κ1) is 12.7. The highest BCUT2D eigenvalue weighted by Crippen LogP contribution is 2.43. The number of hydrogen-bond acceptors (Lipinski definition) is 0. The van der Waals surface area contributed by atoms with Crippen molar-refractivity contribution >= 4 is 63.7 Å². The molecule has 0 nitrogen and oxygen atoms in total. The molecule has 0 saturated heterocycles. The second kappa shape index (κ2) is 4.28. The molecule has 0 rings (SSSR count). The van der Waals surface area contributed by atoms with Gasteiger partial charge >= 0.3 is 6.18 Å². The van der Waals surface area contributed by atoms with Gasteiger partial charge in [-0.3, -0.25) is 0 Å².